The first-order chi connectivity index (χ1) is 8.18. The van der Waals surface area contributed by atoms with Crippen molar-refractivity contribution in [2.24, 2.45) is 0 Å². The molecule has 96 valence electrons. The van der Waals surface area contributed by atoms with Gasteiger partial charge in [-0.3, -0.25) is 0 Å². The Morgan fingerprint density at radius 2 is 1.88 bits per heavy atom. The van der Waals surface area contributed by atoms with Crippen molar-refractivity contribution >= 4 is 0 Å². The second-order valence-corrected chi connectivity index (χ2v) is 4.67. The van der Waals surface area contributed by atoms with E-state index < -0.39 is 0 Å². The highest BCUT2D eigenvalue weighted by molar-refractivity contribution is 5.22. The maximum Gasteiger partial charge on any atom is 0.0841 e. The molecule has 0 saturated carbocycles. The van der Waals surface area contributed by atoms with Crippen LogP contribution in [-0.4, -0.2) is 19.3 Å². The van der Waals surface area contributed by atoms with Crippen molar-refractivity contribution in [2.45, 2.75) is 45.3 Å². The maximum absolute atomic E-state index is 5.74. The molecule has 0 aromatic heterocycles. The van der Waals surface area contributed by atoms with Gasteiger partial charge in [0.15, 0.2) is 0 Å². The molecule has 0 bridgehead atoms. The molecule has 0 fully saturated rings. The third-order valence-electron chi connectivity index (χ3n) is 3.51. The molecule has 0 saturated heterocycles. The van der Waals surface area contributed by atoms with E-state index >= 15 is 0 Å². The van der Waals surface area contributed by atoms with Crippen LogP contribution in [0.3, 0.4) is 0 Å². The fraction of sp³-hybridized carbons (Fsp3) is 0.600. The fourth-order valence-corrected chi connectivity index (χ4v) is 2.09. The van der Waals surface area contributed by atoms with Gasteiger partial charge in [-0.1, -0.05) is 44.2 Å². The lowest BCUT2D eigenvalue weighted by Crippen LogP contribution is -2.43. The summed E-state index contributed by atoms with van der Waals surface area (Å²) in [5.74, 6) is 0. The Kier molecular flexibility index (Phi) is 5.66. The van der Waals surface area contributed by atoms with Gasteiger partial charge in [0.25, 0.3) is 0 Å². The summed E-state index contributed by atoms with van der Waals surface area (Å²) < 4.78 is 5.74. The van der Waals surface area contributed by atoms with E-state index in [1.807, 2.05) is 0 Å². The summed E-state index contributed by atoms with van der Waals surface area (Å²) in [4.78, 5) is 0. The molecule has 0 radical (unpaired) electrons. The molecule has 0 aliphatic rings. The maximum atomic E-state index is 5.74. The van der Waals surface area contributed by atoms with Crippen LogP contribution in [0, 0.1) is 0 Å². The van der Waals surface area contributed by atoms with Gasteiger partial charge < -0.3 is 10.1 Å². The van der Waals surface area contributed by atoms with Crippen molar-refractivity contribution in [3.05, 3.63) is 35.9 Å². The standard InChI is InChI=1S/C15H25NO/c1-5-12-16-14(15(3,6-2)17-4)13-10-8-7-9-11-13/h7-11,14,16H,5-6,12H2,1-4H3. The molecule has 1 aromatic carbocycles. The van der Waals surface area contributed by atoms with Gasteiger partial charge in [0.05, 0.1) is 11.6 Å². The average molecular weight is 235 g/mol. The van der Waals surface area contributed by atoms with E-state index in [1.54, 1.807) is 7.11 Å². The van der Waals surface area contributed by atoms with Gasteiger partial charge in [-0.25, -0.2) is 0 Å². The van der Waals surface area contributed by atoms with E-state index in [2.05, 4.69) is 56.4 Å². The first kappa shape index (κ1) is 14.2. The topological polar surface area (TPSA) is 21.3 Å². The molecule has 2 atom stereocenters. The zero-order valence-corrected chi connectivity index (χ0v) is 11.5. The van der Waals surface area contributed by atoms with Crippen molar-refractivity contribution in [1.82, 2.24) is 5.32 Å². The normalized spacial score (nSPS) is 16.5. The van der Waals surface area contributed by atoms with E-state index in [0.29, 0.717) is 0 Å². The minimum Gasteiger partial charge on any atom is -0.377 e. The van der Waals surface area contributed by atoms with Crippen LogP contribution in [-0.2, 0) is 4.74 Å². The highest BCUT2D eigenvalue weighted by Crippen LogP contribution is 2.31. The third-order valence-corrected chi connectivity index (χ3v) is 3.51. The molecule has 0 aliphatic heterocycles. The molecule has 2 nitrogen and oxygen atoms in total. The summed E-state index contributed by atoms with van der Waals surface area (Å²) in [5.41, 5.74) is 1.14. The number of ether oxygens (including phenoxy) is 1. The number of methoxy groups -OCH3 is 1. The summed E-state index contributed by atoms with van der Waals surface area (Å²) in [6, 6.07) is 10.8. The highest BCUT2D eigenvalue weighted by Gasteiger charge is 2.33. The van der Waals surface area contributed by atoms with E-state index in [0.717, 1.165) is 19.4 Å². The van der Waals surface area contributed by atoms with Crippen molar-refractivity contribution in [3.8, 4) is 0 Å². The first-order valence-corrected chi connectivity index (χ1v) is 6.51. The average Bonchev–Trinajstić information content (AvgIpc) is 2.40. The Morgan fingerprint density at radius 1 is 1.24 bits per heavy atom. The monoisotopic (exact) mass is 235 g/mol. The van der Waals surface area contributed by atoms with Crippen LogP contribution in [0.15, 0.2) is 30.3 Å². The molecule has 2 unspecified atom stereocenters. The quantitative estimate of drug-likeness (QED) is 0.780. The van der Waals surface area contributed by atoms with E-state index in [9.17, 15) is 0 Å². The number of hydrogen-bond donors (Lipinski definition) is 1. The van der Waals surface area contributed by atoms with Crippen molar-refractivity contribution < 1.29 is 4.74 Å². The van der Waals surface area contributed by atoms with Crippen molar-refractivity contribution in [1.29, 1.82) is 0 Å². The Bertz CT molecular complexity index is 306. The molecule has 1 aromatic rings. The summed E-state index contributed by atoms with van der Waals surface area (Å²) in [6.45, 7) is 7.55. The van der Waals surface area contributed by atoms with Crippen LogP contribution in [0.4, 0.5) is 0 Å². The molecule has 17 heavy (non-hydrogen) atoms. The van der Waals surface area contributed by atoms with E-state index in [4.69, 9.17) is 4.74 Å². The lowest BCUT2D eigenvalue weighted by atomic mass is 9.87. The van der Waals surface area contributed by atoms with Crippen LogP contribution in [0.5, 0.6) is 0 Å². The number of benzene rings is 1. The van der Waals surface area contributed by atoms with Crippen molar-refractivity contribution in [3.63, 3.8) is 0 Å². The van der Waals surface area contributed by atoms with Crippen LogP contribution in [0.2, 0.25) is 0 Å². The molecular formula is C15H25NO. The van der Waals surface area contributed by atoms with Crippen LogP contribution in [0.1, 0.15) is 45.2 Å². The predicted molar refractivity (Wildman–Crippen MR) is 73.2 cm³/mol. The highest BCUT2D eigenvalue weighted by atomic mass is 16.5. The van der Waals surface area contributed by atoms with E-state index in [1.165, 1.54) is 5.56 Å². The van der Waals surface area contributed by atoms with Gasteiger partial charge in [0.1, 0.15) is 0 Å². The minimum atomic E-state index is -0.156. The first-order valence-electron chi connectivity index (χ1n) is 6.51. The molecule has 1 rings (SSSR count). The smallest absolute Gasteiger partial charge is 0.0841 e. The largest absolute Gasteiger partial charge is 0.377 e. The SMILES string of the molecule is CCCNC(c1ccccc1)C(C)(CC)OC. The van der Waals surface area contributed by atoms with Gasteiger partial charge >= 0.3 is 0 Å². The Morgan fingerprint density at radius 3 is 2.35 bits per heavy atom. The second kappa shape index (κ2) is 6.77. The van der Waals surface area contributed by atoms with Gasteiger partial charge in [-0.15, -0.1) is 0 Å². The number of nitrogens with one attached hydrogen (secondary N) is 1. The lowest BCUT2D eigenvalue weighted by Gasteiger charge is -2.37. The molecule has 0 spiro atoms. The molecule has 0 heterocycles. The number of hydrogen-bond acceptors (Lipinski definition) is 2. The van der Waals surface area contributed by atoms with Crippen LogP contribution >= 0.6 is 0 Å². The summed E-state index contributed by atoms with van der Waals surface area (Å²) in [7, 11) is 1.80. The second-order valence-electron chi connectivity index (χ2n) is 4.67. The zero-order valence-electron chi connectivity index (χ0n) is 11.5. The van der Waals surface area contributed by atoms with Gasteiger partial charge in [0, 0.05) is 7.11 Å². The molecule has 0 amide bonds. The van der Waals surface area contributed by atoms with Crippen molar-refractivity contribution in [2.75, 3.05) is 13.7 Å². The molecule has 0 aliphatic carbocycles. The number of rotatable bonds is 7. The minimum absolute atomic E-state index is 0.156. The van der Waals surface area contributed by atoms with Gasteiger partial charge in [0.2, 0.25) is 0 Å². The lowest BCUT2D eigenvalue weighted by molar-refractivity contribution is -0.0299. The van der Waals surface area contributed by atoms with Crippen LogP contribution < -0.4 is 5.32 Å². The summed E-state index contributed by atoms with van der Waals surface area (Å²) in [5, 5.41) is 3.60. The molecular weight excluding hydrogens is 210 g/mol. The van der Waals surface area contributed by atoms with Gasteiger partial charge in [-0.05, 0) is 31.9 Å². The Balaban J connectivity index is 2.95. The van der Waals surface area contributed by atoms with Gasteiger partial charge in [-0.2, -0.15) is 0 Å². The Hall–Kier alpha value is -0.860. The molecule has 1 N–H and O–H groups in total. The van der Waals surface area contributed by atoms with Crippen LogP contribution in [0.25, 0.3) is 0 Å². The fourth-order valence-electron chi connectivity index (χ4n) is 2.09. The summed E-state index contributed by atoms with van der Waals surface area (Å²) >= 11 is 0. The predicted octanol–water partition coefficient (Wildman–Crippen LogP) is 3.54. The Labute approximate surface area is 105 Å². The summed E-state index contributed by atoms with van der Waals surface area (Å²) in [6.07, 6.45) is 2.12. The third kappa shape index (κ3) is 3.55. The zero-order chi connectivity index (χ0) is 12.7. The molecule has 2 heteroatoms. The van der Waals surface area contributed by atoms with E-state index in [-0.39, 0.29) is 11.6 Å².